The zero-order valence-electron chi connectivity index (χ0n) is 12.0. The van der Waals surface area contributed by atoms with Crippen molar-refractivity contribution in [2.75, 3.05) is 0 Å². The van der Waals surface area contributed by atoms with Crippen LogP contribution in [0.4, 0.5) is 13.2 Å². The summed E-state index contributed by atoms with van der Waals surface area (Å²) in [6, 6.07) is 11.9. The number of benzene rings is 2. The molecule has 2 aromatic carbocycles. The molecule has 0 spiro atoms. The van der Waals surface area contributed by atoms with Crippen LogP contribution in [0, 0.1) is 5.41 Å². The minimum absolute atomic E-state index is 0. The summed E-state index contributed by atoms with van der Waals surface area (Å²) < 4.78 is 40.2. The van der Waals surface area contributed by atoms with Gasteiger partial charge in [0.1, 0.15) is 0 Å². The number of thiazole rings is 1. The number of nitrogens with zero attached hydrogens (tertiary/aromatic N) is 1. The number of hydrogen-bond acceptors (Lipinski definition) is 2. The second-order valence-corrected chi connectivity index (χ2v) is 6.11. The highest BCUT2D eigenvalue weighted by molar-refractivity contribution is 7.07. The highest BCUT2D eigenvalue weighted by Gasteiger charge is 2.30. The normalized spacial score (nSPS) is 11.2. The fourth-order valence-electron chi connectivity index (χ4n) is 2.22. The van der Waals surface area contributed by atoms with E-state index in [0.29, 0.717) is 16.4 Å². The van der Waals surface area contributed by atoms with Crippen molar-refractivity contribution < 1.29 is 13.2 Å². The molecule has 0 unspecified atom stereocenters. The molecule has 2 nitrogen and oxygen atoms in total. The maximum absolute atomic E-state index is 12.9. The molecular weight excluding hydrogens is 380 g/mol. The zero-order chi connectivity index (χ0) is 16.6. The van der Waals surface area contributed by atoms with Gasteiger partial charge >= 0.3 is 6.18 Å². The molecule has 0 atom stereocenters. The van der Waals surface area contributed by atoms with E-state index in [1.807, 2.05) is 0 Å². The summed E-state index contributed by atoms with van der Waals surface area (Å²) in [7, 11) is 0. The number of rotatable bonds is 2. The molecule has 0 radical (unpaired) electrons. The standard InChI is InChI=1S/C16H10ClF3N2S.ClH/c17-12-6-4-10(5-7-12)14-9-23-15(21)22(14)13-3-1-2-11(8-13)16(18,19)20;/h1-9,21H;1H. The number of alkyl halides is 3. The van der Waals surface area contributed by atoms with Gasteiger partial charge in [-0.05, 0) is 35.9 Å². The quantitative estimate of drug-likeness (QED) is 0.574. The lowest BCUT2D eigenvalue weighted by Gasteiger charge is -2.12. The van der Waals surface area contributed by atoms with Gasteiger partial charge in [0.05, 0.1) is 11.3 Å². The first-order valence-corrected chi connectivity index (χ1v) is 7.81. The van der Waals surface area contributed by atoms with Crippen molar-refractivity contribution in [1.29, 1.82) is 5.41 Å². The maximum atomic E-state index is 12.9. The molecule has 0 amide bonds. The molecule has 8 heteroatoms. The summed E-state index contributed by atoms with van der Waals surface area (Å²) in [5, 5.41) is 10.3. The summed E-state index contributed by atoms with van der Waals surface area (Å²) in [5.74, 6) is 0. The predicted molar refractivity (Wildman–Crippen MR) is 92.2 cm³/mol. The van der Waals surface area contributed by atoms with Crippen molar-refractivity contribution in [3.05, 3.63) is 69.3 Å². The first-order chi connectivity index (χ1) is 10.9. The van der Waals surface area contributed by atoms with Crippen LogP contribution in [-0.4, -0.2) is 4.57 Å². The van der Waals surface area contributed by atoms with Gasteiger partial charge in [0, 0.05) is 16.1 Å². The molecule has 0 bridgehead atoms. The summed E-state index contributed by atoms with van der Waals surface area (Å²) in [5.41, 5.74) is 0.990. The zero-order valence-corrected chi connectivity index (χ0v) is 14.4. The Morgan fingerprint density at radius 2 is 1.71 bits per heavy atom. The minimum Gasteiger partial charge on any atom is -0.286 e. The molecule has 24 heavy (non-hydrogen) atoms. The van der Waals surface area contributed by atoms with Gasteiger partial charge in [-0.15, -0.1) is 23.7 Å². The van der Waals surface area contributed by atoms with Crippen LogP contribution in [0.5, 0.6) is 0 Å². The van der Waals surface area contributed by atoms with Gasteiger partial charge in [-0.25, -0.2) is 0 Å². The molecule has 0 aliphatic carbocycles. The van der Waals surface area contributed by atoms with Crippen molar-refractivity contribution in [3.63, 3.8) is 0 Å². The second kappa shape index (κ2) is 7.01. The van der Waals surface area contributed by atoms with E-state index in [1.165, 1.54) is 10.6 Å². The molecule has 0 saturated carbocycles. The van der Waals surface area contributed by atoms with Crippen LogP contribution in [0.25, 0.3) is 16.9 Å². The number of aromatic nitrogens is 1. The Morgan fingerprint density at radius 1 is 1.04 bits per heavy atom. The van der Waals surface area contributed by atoms with E-state index in [4.69, 9.17) is 17.0 Å². The van der Waals surface area contributed by atoms with E-state index in [1.54, 1.807) is 35.7 Å². The van der Waals surface area contributed by atoms with Crippen LogP contribution in [0.2, 0.25) is 5.02 Å². The third-order valence-corrected chi connectivity index (χ3v) is 4.30. The Morgan fingerprint density at radius 3 is 2.33 bits per heavy atom. The largest absolute Gasteiger partial charge is 0.416 e. The van der Waals surface area contributed by atoms with Crippen molar-refractivity contribution in [3.8, 4) is 16.9 Å². The molecule has 1 N–H and O–H groups in total. The summed E-state index contributed by atoms with van der Waals surface area (Å²) >= 11 is 7.02. The highest BCUT2D eigenvalue weighted by Crippen LogP contribution is 2.31. The van der Waals surface area contributed by atoms with Gasteiger partial charge in [-0.1, -0.05) is 29.8 Å². The smallest absolute Gasteiger partial charge is 0.286 e. The van der Waals surface area contributed by atoms with Crippen LogP contribution < -0.4 is 4.80 Å². The molecule has 1 aromatic heterocycles. The Hall–Kier alpha value is -1.76. The fourth-order valence-corrected chi connectivity index (χ4v) is 3.12. The fraction of sp³-hybridized carbons (Fsp3) is 0.0625. The Kier molecular flexibility index (Phi) is 5.42. The lowest BCUT2D eigenvalue weighted by molar-refractivity contribution is -0.137. The van der Waals surface area contributed by atoms with Crippen LogP contribution in [0.15, 0.2) is 53.9 Å². The molecular formula is C16H11Cl2F3N2S. The van der Waals surface area contributed by atoms with E-state index >= 15 is 0 Å². The van der Waals surface area contributed by atoms with Crippen molar-refractivity contribution in [1.82, 2.24) is 4.57 Å². The van der Waals surface area contributed by atoms with Gasteiger partial charge in [-0.3, -0.25) is 9.98 Å². The maximum Gasteiger partial charge on any atom is 0.416 e. The van der Waals surface area contributed by atoms with Gasteiger partial charge in [0.25, 0.3) is 0 Å². The second-order valence-electron chi connectivity index (χ2n) is 4.82. The van der Waals surface area contributed by atoms with Gasteiger partial charge in [0.2, 0.25) is 0 Å². The van der Waals surface area contributed by atoms with E-state index in [-0.39, 0.29) is 17.2 Å². The predicted octanol–water partition coefficient (Wildman–Crippen LogP) is 5.78. The molecule has 3 rings (SSSR count). The number of halogens is 5. The minimum atomic E-state index is -4.42. The Balaban J connectivity index is 0.00000208. The summed E-state index contributed by atoms with van der Waals surface area (Å²) in [6.45, 7) is 0. The van der Waals surface area contributed by atoms with E-state index in [2.05, 4.69) is 0 Å². The topological polar surface area (TPSA) is 28.8 Å². The average Bonchev–Trinajstić information content (AvgIpc) is 2.89. The van der Waals surface area contributed by atoms with E-state index < -0.39 is 11.7 Å². The monoisotopic (exact) mass is 390 g/mol. The Bertz CT molecular complexity index is 899. The third-order valence-electron chi connectivity index (χ3n) is 3.30. The van der Waals surface area contributed by atoms with Gasteiger partial charge in [-0.2, -0.15) is 13.2 Å². The van der Waals surface area contributed by atoms with Crippen LogP contribution in [0.1, 0.15) is 5.56 Å². The van der Waals surface area contributed by atoms with E-state index in [0.717, 1.165) is 29.0 Å². The van der Waals surface area contributed by atoms with E-state index in [9.17, 15) is 13.2 Å². The van der Waals surface area contributed by atoms with Gasteiger partial charge in [0.15, 0.2) is 4.80 Å². The Labute approximate surface area is 151 Å². The summed E-state index contributed by atoms with van der Waals surface area (Å²) in [4.78, 5) is 0.147. The molecule has 0 aliphatic heterocycles. The number of hydrogen-bond donors (Lipinski definition) is 1. The highest BCUT2D eigenvalue weighted by atomic mass is 35.5. The lowest BCUT2D eigenvalue weighted by atomic mass is 10.1. The van der Waals surface area contributed by atoms with Crippen LogP contribution in [0.3, 0.4) is 0 Å². The number of nitrogens with one attached hydrogen (secondary N) is 1. The third kappa shape index (κ3) is 3.66. The van der Waals surface area contributed by atoms with Gasteiger partial charge < -0.3 is 0 Å². The average molecular weight is 391 g/mol. The molecule has 0 saturated heterocycles. The lowest BCUT2D eigenvalue weighted by Crippen LogP contribution is -2.13. The molecule has 126 valence electrons. The van der Waals surface area contributed by atoms with Crippen LogP contribution in [-0.2, 0) is 6.18 Å². The first kappa shape index (κ1) is 18.6. The van der Waals surface area contributed by atoms with Crippen molar-refractivity contribution in [2.24, 2.45) is 0 Å². The van der Waals surface area contributed by atoms with Crippen LogP contribution >= 0.6 is 35.3 Å². The molecule has 0 fully saturated rings. The molecule has 3 aromatic rings. The molecule has 1 heterocycles. The summed E-state index contributed by atoms with van der Waals surface area (Å²) in [6.07, 6.45) is -4.42. The SMILES string of the molecule is Cl.N=c1scc(-c2ccc(Cl)cc2)n1-c1cccc(C(F)(F)F)c1. The van der Waals surface area contributed by atoms with Crippen molar-refractivity contribution >= 4 is 35.3 Å². The molecule has 0 aliphatic rings. The first-order valence-electron chi connectivity index (χ1n) is 6.55. The van der Waals surface area contributed by atoms with Crippen molar-refractivity contribution in [2.45, 2.75) is 6.18 Å².